The third-order valence-corrected chi connectivity index (χ3v) is 6.13. The van der Waals surface area contributed by atoms with Crippen molar-refractivity contribution in [1.82, 2.24) is 4.57 Å². The van der Waals surface area contributed by atoms with E-state index in [2.05, 4.69) is 93.3 Å². The summed E-state index contributed by atoms with van der Waals surface area (Å²) < 4.78 is 3.28. The number of hydrogen-bond acceptors (Lipinski definition) is 1. The summed E-state index contributed by atoms with van der Waals surface area (Å²) in [7, 11) is 0. The third kappa shape index (κ3) is 3.15. The lowest BCUT2D eigenvalue weighted by Crippen LogP contribution is -2.16. The molecule has 0 saturated carbocycles. The number of halogens is 1. The predicted molar refractivity (Wildman–Crippen MR) is 129 cm³/mol. The fourth-order valence-corrected chi connectivity index (χ4v) is 4.63. The van der Waals surface area contributed by atoms with Gasteiger partial charge in [-0.3, -0.25) is 0 Å². The minimum atomic E-state index is -0.944. The van der Waals surface area contributed by atoms with Gasteiger partial charge in [0.15, 0.2) is 0 Å². The van der Waals surface area contributed by atoms with Crippen LogP contribution in [0.2, 0.25) is 0 Å². The first-order valence-electron chi connectivity index (χ1n) is 10.0. The van der Waals surface area contributed by atoms with Crippen LogP contribution < -0.4 is 0 Å². The summed E-state index contributed by atoms with van der Waals surface area (Å²) >= 11 is 3.55. The minimum Gasteiger partial charge on any atom is -0.386 e. The average Bonchev–Trinajstić information content (AvgIpc) is 3.07. The van der Waals surface area contributed by atoms with Crippen molar-refractivity contribution in [3.05, 3.63) is 101 Å². The monoisotopic (exact) mass is 455 g/mol. The van der Waals surface area contributed by atoms with Crippen LogP contribution in [-0.2, 0) is 5.60 Å². The molecule has 148 valence electrons. The summed E-state index contributed by atoms with van der Waals surface area (Å²) in [5, 5.41) is 13.2. The second kappa shape index (κ2) is 7.12. The molecule has 0 aliphatic carbocycles. The van der Waals surface area contributed by atoms with E-state index < -0.39 is 5.60 Å². The number of para-hydroxylation sites is 2. The first-order valence-corrected chi connectivity index (χ1v) is 10.8. The van der Waals surface area contributed by atoms with E-state index in [0.29, 0.717) is 0 Å². The number of rotatable bonds is 3. The second-order valence-corrected chi connectivity index (χ2v) is 9.08. The standard InChI is InChI=1S/C27H22BrNO/c1-27(2,30)24-17-19(28)13-15-21(24)18-12-14-23-22-10-6-7-11-25(22)29(26(23)16-18)20-8-4-3-5-9-20/h3-17,30H,1-2H3. The molecule has 1 aromatic heterocycles. The van der Waals surface area contributed by atoms with Gasteiger partial charge in [-0.2, -0.15) is 0 Å². The number of hydrogen-bond donors (Lipinski definition) is 1. The number of nitrogens with zero attached hydrogens (tertiary/aromatic N) is 1. The van der Waals surface area contributed by atoms with Gasteiger partial charge in [-0.1, -0.05) is 70.5 Å². The van der Waals surface area contributed by atoms with Crippen LogP contribution in [0.1, 0.15) is 19.4 Å². The van der Waals surface area contributed by atoms with E-state index in [-0.39, 0.29) is 0 Å². The highest BCUT2D eigenvalue weighted by atomic mass is 79.9. The van der Waals surface area contributed by atoms with Gasteiger partial charge in [-0.25, -0.2) is 0 Å². The first kappa shape index (κ1) is 19.1. The summed E-state index contributed by atoms with van der Waals surface area (Å²) in [6, 6.07) is 31.7. The Bertz CT molecular complexity index is 1380. The van der Waals surface area contributed by atoms with Gasteiger partial charge in [0.05, 0.1) is 16.6 Å². The highest BCUT2D eigenvalue weighted by Crippen LogP contribution is 2.38. The minimum absolute atomic E-state index is 0.901. The lowest BCUT2D eigenvalue weighted by atomic mass is 9.89. The van der Waals surface area contributed by atoms with E-state index >= 15 is 0 Å². The van der Waals surface area contributed by atoms with Gasteiger partial charge in [0.1, 0.15) is 0 Å². The van der Waals surface area contributed by atoms with Crippen LogP contribution >= 0.6 is 15.9 Å². The molecule has 0 bridgehead atoms. The van der Waals surface area contributed by atoms with Crippen LogP contribution in [0.5, 0.6) is 0 Å². The Hall–Kier alpha value is -2.88. The normalized spacial score (nSPS) is 12.0. The molecule has 4 aromatic carbocycles. The zero-order valence-electron chi connectivity index (χ0n) is 16.9. The van der Waals surface area contributed by atoms with Gasteiger partial charge in [0.2, 0.25) is 0 Å². The van der Waals surface area contributed by atoms with Crippen molar-refractivity contribution < 1.29 is 5.11 Å². The number of aromatic nitrogens is 1. The Morgan fingerprint density at radius 2 is 1.43 bits per heavy atom. The molecule has 0 atom stereocenters. The highest BCUT2D eigenvalue weighted by molar-refractivity contribution is 9.10. The van der Waals surface area contributed by atoms with Crippen molar-refractivity contribution in [3.8, 4) is 16.8 Å². The van der Waals surface area contributed by atoms with Crippen molar-refractivity contribution in [1.29, 1.82) is 0 Å². The molecule has 5 rings (SSSR count). The molecule has 0 aliphatic rings. The Morgan fingerprint density at radius 3 is 2.20 bits per heavy atom. The Labute approximate surface area is 184 Å². The van der Waals surface area contributed by atoms with Crippen LogP contribution in [0.3, 0.4) is 0 Å². The molecule has 0 spiro atoms. The molecule has 1 heterocycles. The Morgan fingerprint density at radius 1 is 0.733 bits per heavy atom. The summed E-state index contributed by atoms with van der Waals surface area (Å²) in [6.07, 6.45) is 0. The van der Waals surface area contributed by atoms with Crippen molar-refractivity contribution in [2.45, 2.75) is 19.4 Å². The smallest absolute Gasteiger partial charge is 0.0846 e. The van der Waals surface area contributed by atoms with Crippen molar-refractivity contribution in [3.63, 3.8) is 0 Å². The van der Waals surface area contributed by atoms with Crippen LogP contribution in [0.25, 0.3) is 38.6 Å². The van der Waals surface area contributed by atoms with Gasteiger partial charge in [0, 0.05) is 20.9 Å². The summed E-state index contributed by atoms with van der Waals surface area (Å²) in [5.41, 5.74) is 5.57. The highest BCUT2D eigenvalue weighted by Gasteiger charge is 2.22. The van der Waals surface area contributed by atoms with Crippen molar-refractivity contribution >= 4 is 37.7 Å². The zero-order chi connectivity index (χ0) is 20.9. The molecule has 3 heteroatoms. The quantitative estimate of drug-likeness (QED) is 0.300. The molecule has 0 saturated heterocycles. The van der Waals surface area contributed by atoms with E-state index in [9.17, 15) is 5.11 Å². The first-order chi connectivity index (χ1) is 14.4. The molecule has 30 heavy (non-hydrogen) atoms. The number of fused-ring (bicyclic) bond motifs is 3. The van der Waals surface area contributed by atoms with E-state index in [1.54, 1.807) is 0 Å². The molecule has 0 fully saturated rings. The molecular weight excluding hydrogens is 434 g/mol. The molecule has 2 nitrogen and oxygen atoms in total. The van der Waals surface area contributed by atoms with Crippen LogP contribution in [0.15, 0.2) is 95.5 Å². The van der Waals surface area contributed by atoms with Crippen LogP contribution in [0.4, 0.5) is 0 Å². The second-order valence-electron chi connectivity index (χ2n) is 8.17. The maximum Gasteiger partial charge on any atom is 0.0846 e. The summed E-state index contributed by atoms with van der Waals surface area (Å²) in [4.78, 5) is 0. The fourth-order valence-electron chi connectivity index (χ4n) is 4.27. The Kier molecular flexibility index (Phi) is 4.53. The van der Waals surface area contributed by atoms with Gasteiger partial charge < -0.3 is 9.67 Å². The molecule has 0 radical (unpaired) electrons. The van der Waals surface area contributed by atoms with E-state index in [4.69, 9.17) is 0 Å². The van der Waals surface area contributed by atoms with Crippen molar-refractivity contribution in [2.24, 2.45) is 0 Å². The maximum atomic E-state index is 10.8. The van der Waals surface area contributed by atoms with E-state index in [0.717, 1.165) is 32.4 Å². The lowest BCUT2D eigenvalue weighted by Gasteiger charge is -2.22. The maximum absolute atomic E-state index is 10.8. The Balaban J connectivity index is 1.84. The van der Waals surface area contributed by atoms with Crippen LogP contribution in [-0.4, -0.2) is 9.67 Å². The molecule has 5 aromatic rings. The van der Waals surface area contributed by atoms with E-state index in [1.165, 1.54) is 16.3 Å². The molecule has 0 aliphatic heterocycles. The SMILES string of the molecule is CC(C)(O)c1cc(Br)ccc1-c1ccc2c3ccccc3n(-c3ccccc3)c2c1. The van der Waals surface area contributed by atoms with Gasteiger partial charge in [-0.05, 0) is 66.9 Å². The fraction of sp³-hybridized carbons (Fsp3) is 0.111. The van der Waals surface area contributed by atoms with Crippen LogP contribution in [0, 0.1) is 0 Å². The van der Waals surface area contributed by atoms with Crippen molar-refractivity contribution in [2.75, 3.05) is 0 Å². The molecule has 0 unspecified atom stereocenters. The zero-order valence-corrected chi connectivity index (χ0v) is 18.5. The number of aliphatic hydroxyl groups is 1. The molecule has 0 amide bonds. The summed E-state index contributed by atoms with van der Waals surface area (Å²) in [6.45, 7) is 3.66. The predicted octanol–water partition coefficient (Wildman–Crippen LogP) is 7.44. The van der Waals surface area contributed by atoms with Gasteiger partial charge in [-0.15, -0.1) is 0 Å². The summed E-state index contributed by atoms with van der Waals surface area (Å²) in [5.74, 6) is 0. The van der Waals surface area contributed by atoms with E-state index in [1.807, 2.05) is 32.0 Å². The molecular formula is C27H22BrNO. The average molecular weight is 456 g/mol. The molecule has 1 N–H and O–H groups in total. The largest absolute Gasteiger partial charge is 0.386 e. The van der Waals surface area contributed by atoms with Gasteiger partial charge >= 0.3 is 0 Å². The third-order valence-electron chi connectivity index (χ3n) is 5.64. The number of benzene rings is 4. The topological polar surface area (TPSA) is 25.2 Å². The lowest BCUT2D eigenvalue weighted by molar-refractivity contribution is 0.0791. The van der Waals surface area contributed by atoms with Gasteiger partial charge in [0.25, 0.3) is 0 Å².